The van der Waals surface area contributed by atoms with Crippen LogP contribution in [-0.4, -0.2) is 60.2 Å². The van der Waals surface area contributed by atoms with Crippen LogP contribution in [0.4, 0.5) is 10.1 Å². The second-order valence-corrected chi connectivity index (χ2v) is 7.58. The lowest BCUT2D eigenvalue weighted by Crippen LogP contribution is -2.52. The molecule has 2 unspecified atom stereocenters. The van der Waals surface area contributed by atoms with E-state index >= 15 is 0 Å². The molecule has 3 fully saturated rings. The molecule has 0 aromatic heterocycles. The fourth-order valence-corrected chi connectivity index (χ4v) is 4.53. The predicted molar refractivity (Wildman–Crippen MR) is 97.4 cm³/mol. The summed E-state index contributed by atoms with van der Waals surface area (Å²) in [5, 5.41) is 0. The summed E-state index contributed by atoms with van der Waals surface area (Å²) in [7, 11) is 0. The standard InChI is InChI=1S/C20H24FN3O3/c21-16-7-3-4-8-17(16)22-9-11-23(12-10-22)18(25)13-24-19(26)14-5-1-2-6-15(14)20(24)27/h3-4,7-8,14-15H,1-2,5-6,9-13H2. The van der Waals surface area contributed by atoms with Crippen molar-refractivity contribution >= 4 is 23.4 Å². The van der Waals surface area contributed by atoms with E-state index in [9.17, 15) is 18.8 Å². The topological polar surface area (TPSA) is 60.9 Å². The number of hydrogen-bond donors (Lipinski definition) is 0. The van der Waals surface area contributed by atoms with Gasteiger partial charge in [0, 0.05) is 26.2 Å². The molecular weight excluding hydrogens is 349 g/mol. The third-order valence-corrected chi connectivity index (χ3v) is 6.05. The van der Waals surface area contributed by atoms with E-state index in [4.69, 9.17) is 0 Å². The number of rotatable bonds is 3. The first-order valence-electron chi connectivity index (χ1n) is 9.69. The van der Waals surface area contributed by atoms with Gasteiger partial charge >= 0.3 is 0 Å². The van der Waals surface area contributed by atoms with Gasteiger partial charge in [0.15, 0.2) is 0 Å². The molecule has 6 nitrogen and oxygen atoms in total. The van der Waals surface area contributed by atoms with Crippen LogP contribution in [0, 0.1) is 17.7 Å². The Morgan fingerprint density at radius 1 is 0.963 bits per heavy atom. The van der Waals surface area contributed by atoms with Gasteiger partial charge in [-0.15, -0.1) is 0 Å². The second kappa shape index (κ2) is 7.29. The van der Waals surface area contributed by atoms with E-state index in [1.807, 2.05) is 4.90 Å². The highest BCUT2D eigenvalue weighted by Gasteiger charge is 2.48. The number of amides is 3. The van der Waals surface area contributed by atoms with Crippen LogP contribution in [0.3, 0.4) is 0 Å². The van der Waals surface area contributed by atoms with Crippen molar-refractivity contribution in [2.75, 3.05) is 37.6 Å². The summed E-state index contributed by atoms with van der Waals surface area (Å²) in [5.41, 5.74) is 0.540. The summed E-state index contributed by atoms with van der Waals surface area (Å²) in [6, 6.07) is 6.60. The lowest BCUT2D eigenvalue weighted by atomic mass is 9.81. The Kier molecular flexibility index (Phi) is 4.85. The smallest absolute Gasteiger partial charge is 0.242 e. The Hall–Kier alpha value is -2.44. The number of para-hydroxylation sites is 1. The Bertz CT molecular complexity index is 737. The minimum atomic E-state index is -0.270. The largest absolute Gasteiger partial charge is 0.366 e. The molecule has 7 heteroatoms. The number of halogens is 1. The number of carbonyl (C=O) groups is 3. The first-order valence-corrected chi connectivity index (χ1v) is 9.69. The van der Waals surface area contributed by atoms with Gasteiger partial charge < -0.3 is 9.80 Å². The van der Waals surface area contributed by atoms with E-state index in [1.165, 1.54) is 11.0 Å². The maximum atomic E-state index is 13.9. The maximum absolute atomic E-state index is 13.9. The van der Waals surface area contributed by atoms with Crippen molar-refractivity contribution < 1.29 is 18.8 Å². The van der Waals surface area contributed by atoms with Crippen LogP contribution in [0.2, 0.25) is 0 Å². The summed E-state index contributed by atoms with van der Waals surface area (Å²) < 4.78 is 13.9. The molecule has 1 aromatic carbocycles. The Morgan fingerprint density at radius 2 is 1.56 bits per heavy atom. The third-order valence-electron chi connectivity index (χ3n) is 6.05. The van der Waals surface area contributed by atoms with Crippen molar-refractivity contribution in [3.8, 4) is 0 Å². The van der Waals surface area contributed by atoms with Gasteiger partial charge in [0.25, 0.3) is 0 Å². The second-order valence-electron chi connectivity index (χ2n) is 7.58. The predicted octanol–water partition coefficient (Wildman–Crippen LogP) is 1.65. The molecule has 2 atom stereocenters. The van der Waals surface area contributed by atoms with Gasteiger partial charge in [-0.2, -0.15) is 0 Å². The van der Waals surface area contributed by atoms with E-state index in [-0.39, 0.29) is 41.9 Å². The van der Waals surface area contributed by atoms with Gasteiger partial charge in [0.05, 0.1) is 17.5 Å². The minimum Gasteiger partial charge on any atom is -0.366 e. The first kappa shape index (κ1) is 17.9. The zero-order chi connectivity index (χ0) is 19.0. The number of nitrogens with zero attached hydrogens (tertiary/aromatic N) is 3. The molecule has 2 saturated heterocycles. The van der Waals surface area contributed by atoms with Crippen molar-refractivity contribution in [3.63, 3.8) is 0 Å². The SMILES string of the molecule is O=C(CN1C(=O)C2CCCCC2C1=O)N1CCN(c2ccccc2F)CC1. The van der Waals surface area contributed by atoms with E-state index in [2.05, 4.69) is 0 Å². The van der Waals surface area contributed by atoms with Gasteiger partial charge in [-0.05, 0) is 25.0 Å². The lowest BCUT2D eigenvalue weighted by molar-refractivity contribution is -0.146. The van der Waals surface area contributed by atoms with Crippen LogP contribution in [0.5, 0.6) is 0 Å². The maximum Gasteiger partial charge on any atom is 0.242 e. The van der Waals surface area contributed by atoms with Crippen LogP contribution in [-0.2, 0) is 14.4 Å². The van der Waals surface area contributed by atoms with Gasteiger partial charge in [-0.1, -0.05) is 25.0 Å². The molecule has 0 spiro atoms. The van der Waals surface area contributed by atoms with Gasteiger partial charge in [-0.25, -0.2) is 4.39 Å². The van der Waals surface area contributed by atoms with Crippen molar-refractivity contribution in [2.24, 2.45) is 11.8 Å². The van der Waals surface area contributed by atoms with Crippen molar-refractivity contribution in [1.29, 1.82) is 0 Å². The van der Waals surface area contributed by atoms with Crippen molar-refractivity contribution in [3.05, 3.63) is 30.1 Å². The highest BCUT2D eigenvalue weighted by molar-refractivity contribution is 6.07. The zero-order valence-electron chi connectivity index (χ0n) is 15.3. The number of fused-ring (bicyclic) bond motifs is 1. The van der Waals surface area contributed by atoms with E-state index in [1.54, 1.807) is 23.1 Å². The van der Waals surface area contributed by atoms with Crippen LogP contribution < -0.4 is 4.90 Å². The van der Waals surface area contributed by atoms with E-state index in [0.29, 0.717) is 31.9 Å². The molecular formula is C20H24FN3O3. The van der Waals surface area contributed by atoms with Gasteiger partial charge in [-0.3, -0.25) is 19.3 Å². The monoisotopic (exact) mass is 373 g/mol. The molecule has 0 bridgehead atoms. The summed E-state index contributed by atoms with van der Waals surface area (Å²) >= 11 is 0. The molecule has 0 radical (unpaired) electrons. The molecule has 1 saturated carbocycles. The zero-order valence-corrected chi connectivity index (χ0v) is 15.3. The summed E-state index contributed by atoms with van der Waals surface area (Å²) in [6.07, 6.45) is 3.45. The molecule has 27 heavy (non-hydrogen) atoms. The number of likely N-dealkylation sites (tertiary alicyclic amines) is 1. The number of piperazine rings is 1. The lowest BCUT2D eigenvalue weighted by Gasteiger charge is -2.36. The summed E-state index contributed by atoms with van der Waals surface area (Å²) in [5.74, 6) is -1.28. The molecule has 2 aliphatic heterocycles. The average molecular weight is 373 g/mol. The molecule has 1 aromatic rings. The van der Waals surface area contributed by atoms with E-state index in [0.717, 1.165) is 25.7 Å². The highest BCUT2D eigenvalue weighted by Crippen LogP contribution is 2.37. The van der Waals surface area contributed by atoms with Crippen LogP contribution in [0.15, 0.2) is 24.3 Å². The Morgan fingerprint density at radius 3 is 2.15 bits per heavy atom. The number of carbonyl (C=O) groups excluding carboxylic acids is 3. The van der Waals surface area contributed by atoms with Crippen molar-refractivity contribution in [2.45, 2.75) is 25.7 Å². The molecule has 144 valence electrons. The first-order chi connectivity index (χ1) is 13.1. The number of imide groups is 1. The van der Waals surface area contributed by atoms with Gasteiger partial charge in [0.2, 0.25) is 17.7 Å². The highest BCUT2D eigenvalue weighted by atomic mass is 19.1. The van der Waals surface area contributed by atoms with Crippen LogP contribution >= 0.6 is 0 Å². The number of anilines is 1. The fraction of sp³-hybridized carbons (Fsp3) is 0.550. The van der Waals surface area contributed by atoms with E-state index < -0.39 is 0 Å². The Labute approximate surface area is 157 Å². The molecule has 2 heterocycles. The number of hydrogen-bond acceptors (Lipinski definition) is 4. The third kappa shape index (κ3) is 3.31. The summed E-state index contributed by atoms with van der Waals surface area (Å²) in [4.78, 5) is 42.5. The normalized spacial score (nSPS) is 25.7. The quantitative estimate of drug-likeness (QED) is 0.756. The molecule has 4 rings (SSSR count). The molecule has 1 aliphatic carbocycles. The van der Waals surface area contributed by atoms with Gasteiger partial charge in [0.1, 0.15) is 12.4 Å². The minimum absolute atomic E-state index is 0.162. The van der Waals surface area contributed by atoms with Crippen molar-refractivity contribution in [1.82, 2.24) is 9.80 Å². The number of benzene rings is 1. The van der Waals surface area contributed by atoms with Crippen LogP contribution in [0.25, 0.3) is 0 Å². The fourth-order valence-electron chi connectivity index (χ4n) is 4.53. The molecule has 3 amide bonds. The summed E-state index contributed by atoms with van der Waals surface area (Å²) in [6.45, 7) is 1.80. The van der Waals surface area contributed by atoms with Crippen LogP contribution in [0.1, 0.15) is 25.7 Å². The Balaban J connectivity index is 1.35. The molecule has 3 aliphatic rings. The molecule has 0 N–H and O–H groups in total. The average Bonchev–Trinajstić information content (AvgIpc) is 2.94.